The van der Waals surface area contributed by atoms with Crippen molar-refractivity contribution < 1.29 is 4.68 Å². The third kappa shape index (κ3) is 2.90. The number of para-hydroxylation sites is 3. The monoisotopic (exact) mass is 312 g/mol. The molecule has 0 amide bonds. The highest BCUT2D eigenvalue weighted by atomic mass is 15.4. The molecule has 0 saturated carbocycles. The first-order valence-corrected chi connectivity index (χ1v) is 7.79. The fourth-order valence-electron chi connectivity index (χ4n) is 2.50. The molecule has 4 rings (SSSR count). The summed E-state index contributed by atoms with van der Waals surface area (Å²) in [6.45, 7) is 0. The molecule has 4 nitrogen and oxygen atoms in total. The average molecular weight is 312 g/mol. The van der Waals surface area contributed by atoms with Crippen LogP contribution in [0.2, 0.25) is 0 Å². The van der Waals surface area contributed by atoms with Crippen LogP contribution in [0.3, 0.4) is 0 Å². The van der Waals surface area contributed by atoms with Gasteiger partial charge >= 0.3 is 0 Å². The SMILES string of the molecule is c1ccc(N=c2[n-][n+](-c3ccccc3)cn2-c2ccccc2)cc1. The summed E-state index contributed by atoms with van der Waals surface area (Å²) in [5.41, 5.74) is 3.53. The summed E-state index contributed by atoms with van der Waals surface area (Å²) in [6.07, 6.45) is 1.95. The second-order valence-electron chi connectivity index (χ2n) is 5.35. The van der Waals surface area contributed by atoms with E-state index in [2.05, 4.69) is 5.10 Å². The van der Waals surface area contributed by atoms with Gasteiger partial charge in [0.1, 0.15) is 11.4 Å². The van der Waals surface area contributed by atoms with Gasteiger partial charge in [-0.15, -0.1) is 0 Å². The lowest BCUT2D eigenvalue weighted by Gasteiger charge is -1.97. The summed E-state index contributed by atoms with van der Waals surface area (Å²) in [5.74, 6) is 0. The lowest BCUT2D eigenvalue weighted by Crippen LogP contribution is -2.36. The van der Waals surface area contributed by atoms with Crippen LogP contribution in [0.15, 0.2) is 102 Å². The lowest BCUT2D eigenvalue weighted by molar-refractivity contribution is -0.663. The van der Waals surface area contributed by atoms with Gasteiger partial charge in [0.05, 0.1) is 0 Å². The topological polar surface area (TPSA) is 35.3 Å². The van der Waals surface area contributed by atoms with E-state index in [9.17, 15) is 0 Å². The largest absolute Gasteiger partial charge is 0.323 e. The molecule has 0 unspecified atom stereocenters. The summed E-state index contributed by atoms with van der Waals surface area (Å²) in [7, 11) is 0. The third-order valence-electron chi connectivity index (χ3n) is 3.68. The number of benzene rings is 3. The molecule has 0 spiro atoms. The van der Waals surface area contributed by atoms with Crippen LogP contribution in [-0.2, 0) is 0 Å². The first kappa shape index (κ1) is 14.2. The Morgan fingerprint density at radius 2 is 1.29 bits per heavy atom. The van der Waals surface area contributed by atoms with Gasteiger partial charge in [-0.05, 0) is 30.0 Å². The van der Waals surface area contributed by atoms with Crippen LogP contribution >= 0.6 is 0 Å². The number of rotatable bonds is 3. The molecule has 0 aliphatic rings. The van der Waals surface area contributed by atoms with Crippen LogP contribution in [0.5, 0.6) is 0 Å². The van der Waals surface area contributed by atoms with Crippen molar-refractivity contribution in [2.75, 3.05) is 0 Å². The summed E-state index contributed by atoms with van der Waals surface area (Å²) in [5, 5.41) is 4.67. The normalized spacial score (nSPS) is 11.6. The smallest absolute Gasteiger partial charge is 0.264 e. The van der Waals surface area contributed by atoms with Gasteiger partial charge in [-0.25, -0.2) is 0 Å². The highest BCUT2D eigenvalue weighted by Crippen LogP contribution is 2.09. The minimum Gasteiger partial charge on any atom is -0.323 e. The van der Waals surface area contributed by atoms with Gasteiger partial charge in [0.2, 0.25) is 5.62 Å². The van der Waals surface area contributed by atoms with E-state index < -0.39 is 0 Å². The molecule has 0 radical (unpaired) electrons. The predicted molar refractivity (Wildman–Crippen MR) is 92.3 cm³/mol. The summed E-state index contributed by atoms with van der Waals surface area (Å²) in [4.78, 5) is 4.69. The van der Waals surface area contributed by atoms with Gasteiger partial charge in [0.15, 0.2) is 0 Å². The highest BCUT2D eigenvalue weighted by Gasteiger charge is 2.09. The van der Waals surface area contributed by atoms with E-state index in [1.807, 2.05) is 107 Å². The Balaban J connectivity index is 1.91. The number of hydrogen-bond acceptors (Lipinski definition) is 1. The maximum absolute atomic E-state index is 4.69. The minimum absolute atomic E-state index is 0.635. The molecular formula is C20H16N4. The van der Waals surface area contributed by atoms with Gasteiger partial charge in [-0.2, -0.15) is 14.3 Å². The van der Waals surface area contributed by atoms with E-state index in [-0.39, 0.29) is 0 Å². The van der Waals surface area contributed by atoms with Crippen LogP contribution in [0.25, 0.3) is 11.4 Å². The summed E-state index contributed by atoms with van der Waals surface area (Å²) < 4.78 is 3.83. The van der Waals surface area contributed by atoms with Crippen molar-refractivity contribution in [3.8, 4) is 11.4 Å². The molecule has 0 atom stereocenters. The molecule has 0 aliphatic heterocycles. The Morgan fingerprint density at radius 3 is 1.96 bits per heavy atom. The molecule has 4 aromatic rings. The number of aromatic nitrogens is 3. The first-order chi connectivity index (χ1) is 11.9. The van der Waals surface area contributed by atoms with Crippen LogP contribution in [0, 0.1) is 0 Å². The zero-order valence-corrected chi connectivity index (χ0v) is 13.0. The van der Waals surface area contributed by atoms with E-state index in [1.54, 1.807) is 0 Å². The molecule has 0 bridgehead atoms. The molecule has 0 N–H and O–H groups in total. The third-order valence-corrected chi connectivity index (χ3v) is 3.68. The quantitative estimate of drug-likeness (QED) is 0.536. The van der Waals surface area contributed by atoms with Gasteiger partial charge in [-0.1, -0.05) is 66.7 Å². The van der Waals surface area contributed by atoms with Crippen LogP contribution in [0.4, 0.5) is 5.69 Å². The Bertz CT molecular complexity index is 984. The zero-order valence-electron chi connectivity index (χ0n) is 13.0. The van der Waals surface area contributed by atoms with Gasteiger partial charge in [0.25, 0.3) is 6.33 Å². The fraction of sp³-hybridized carbons (Fsp3) is 0. The van der Waals surface area contributed by atoms with E-state index in [4.69, 9.17) is 4.99 Å². The molecule has 0 saturated heterocycles. The van der Waals surface area contributed by atoms with Crippen molar-refractivity contribution in [1.82, 2.24) is 9.67 Å². The zero-order chi connectivity index (χ0) is 16.2. The Labute approximate surface area is 140 Å². The lowest BCUT2D eigenvalue weighted by atomic mass is 10.3. The Kier molecular flexibility index (Phi) is 3.78. The summed E-state index contributed by atoms with van der Waals surface area (Å²) >= 11 is 0. The average Bonchev–Trinajstić information content (AvgIpc) is 3.08. The molecule has 24 heavy (non-hydrogen) atoms. The molecule has 1 aromatic heterocycles. The van der Waals surface area contributed by atoms with Crippen molar-refractivity contribution in [2.45, 2.75) is 0 Å². The maximum Gasteiger partial charge on any atom is 0.264 e. The Morgan fingerprint density at radius 1 is 0.708 bits per heavy atom. The molecule has 0 fully saturated rings. The number of nitrogens with zero attached hydrogens (tertiary/aromatic N) is 4. The molecule has 1 heterocycles. The highest BCUT2D eigenvalue weighted by molar-refractivity contribution is 5.36. The molecule has 116 valence electrons. The van der Waals surface area contributed by atoms with E-state index in [0.29, 0.717) is 5.62 Å². The summed E-state index contributed by atoms with van der Waals surface area (Å²) in [6, 6.07) is 30.0. The van der Waals surface area contributed by atoms with Crippen molar-refractivity contribution in [2.24, 2.45) is 4.99 Å². The van der Waals surface area contributed by atoms with Gasteiger partial charge in [0, 0.05) is 0 Å². The van der Waals surface area contributed by atoms with E-state index in [0.717, 1.165) is 17.1 Å². The van der Waals surface area contributed by atoms with Crippen LogP contribution < -0.4 is 15.4 Å². The van der Waals surface area contributed by atoms with Crippen LogP contribution in [-0.4, -0.2) is 4.57 Å². The standard InChI is InChI=1S/C20H16N4/c1-4-10-17(11-5-1)21-20-22-24(19-14-8-3-9-15-19)16-23(20)18-12-6-2-7-13-18/h1-16H. The maximum atomic E-state index is 4.69. The van der Waals surface area contributed by atoms with E-state index in [1.165, 1.54) is 0 Å². The second-order valence-corrected chi connectivity index (χ2v) is 5.35. The van der Waals surface area contributed by atoms with Gasteiger partial charge in [-0.3, -0.25) is 0 Å². The molecule has 0 aliphatic carbocycles. The fourth-order valence-corrected chi connectivity index (χ4v) is 2.50. The second kappa shape index (κ2) is 6.38. The predicted octanol–water partition coefficient (Wildman–Crippen LogP) is 2.94. The van der Waals surface area contributed by atoms with Gasteiger partial charge < -0.3 is 4.99 Å². The Hall–Kier alpha value is -3.40. The van der Waals surface area contributed by atoms with Crippen molar-refractivity contribution in [3.05, 3.63) is 103 Å². The van der Waals surface area contributed by atoms with Crippen LogP contribution in [0.1, 0.15) is 0 Å². The van der Waals surface area contributed by atoms with Crippen molar-refractivity contribution >= 4 is 5.69 Å². The van der Waals surface area contributed by atoms with E-state index >= 15 is 0 Å². The van der Waals surface area contributed by atoms with Crippen molar-refractivity contribution in [1.29, 1.82) is 0 Å². The number of hydrogen-bond donors (Lipinski definition) is 0. The molecule has 3 aromatic carbocycles. The minimum atomic E-state index is 0.635. The molecular weight excluding hydrogens is 296 g/mol. The molecule has 4 heteroatoms. The first-order valence-electron chi connectivity index (χ1n) is 7.79. The van der Waals surface area contributed by atoms with Crippen molar-refractivity contribution in [3.63, 3.8) is 0 Å².